The molecule has 8 nitrogen and oxygen atoms in total. The smallest absolute Gasteiger partial charge is 0.258 e. The molecule has 0 spiro atoms. The number of anilines is 1. The van der Waals surface area contributed by atoms with Crippen LogP contribution in [0.25, 0.3) is 0 Å². The van der Waals surface area contributed by atoms with E-state index in [1.165, 1.54) is 22.5 Å². The quantitative estimate of drug-likeness (QED) is 0.664. The van der Waals surface area contributed by atoms with Gasteiger partial charge in [-0.05, 0) is 61.9 Å². The molecule has 0 unspecified atom stereocenters. The largest absolute Gasteiger partial charge is 0.308 e. The van der Waals surface area contributed by atoms with Gasteiger partial charge >= 0.3 is 0 Å². The van der Waals surface area contributed by atoms with Gasteiger partial charge in [0.15, 0.2) is 9.84 Å². The van der Waals surface area contributed by atoms with Gasteiger partial charge in [-0.3, -0.25) is 4.79 Å². The number of likely N-dealkylation sites (N-methyl/N-ethyl adjacent to an activating group) is 1. The molecule has 10 heteroatoms. The lowest BCUT2D eigenvalue weighted by Gasteiger charge is -2.32. The van der Waals surface area contributed by atoms with Crippen LogP contribution in [-0.4, -0.2) is 78.0 Å². The fourth-order valence-electron chi connectivity index (χ4n) is 4.14. The number of piperazine rings is 1. The van der Waals surface area contributed by atoms with E-state index in [4.69, 9.17) is 0 Å². The minimum Gasteiger partial charge on any atom is -0.308 e. The highest BCUT2D eigenvalue weighted by atomic mass is 32.2. The maximum absolute atomic E-state index is 13.3. The fraction of sp³-hybridized carbons (Fsp3) is 0.409. The number of carbonyl (C=O) groups excluding carboxylic acids is 1. The number of hydrogen-bond acceptors (Lipinski definition) is 6. The lowest BCUT2D eigenvalue weighted by molar-refractivity contribution is 0.0985. The Morgan fingerprint density at radius 3 is 2.28 bits per heavy atom. The van der Waals surface area contributed by atoms with E-state index in [0.717, 1.165) is 11.8 Å². The van der Waals surface area contributed by atoms with Crippen molar-refractivity contribution >= 4 is 31.5 Å². The van der Waals surface area contributed by atoms with Crippen molar-refractivity contribution in [3.05, 3.63) is 53.6 Å². The van der Waals surface area contributed by atoms with Crippen LogP contribution < -0.4 is 4.90 Å². The predicted molar refractivity (Wildman–Crippen MR) is 122 cm³/mol. The zero-order valence-corrected chi connectivity index (χ0v) is 19.8. The Labute approximate surface area is 189 Å². The van der Waals surface area contributed by atoms with Crippen LogP contribution in [0.4, 0.5) is 5.69 Å². The van der Waals surface area contributed by atoms with Crippen molar-refractivity contribution in [3.63, 3.8) is 0 Å². The maximum atomic E-state index is 13.3. The van der Waals surface area contributed by atoms with Crippen LogP contribution in [-0.2, 0) is 26.3 Å². The highest BCUT2D eigenvalue weighted by Gasteiger charge is 2.29. The summed E-state index contributed by atoms with van der Waals surface area (Å²) in [4.78, 5) is 17.4. The molecule has 2 aromatic rings. The van der Waals surface area contributed by atoms with E-state index >= 15 is 0 Å². The third kappa shape index (κ3) is 4.45. The summed E-state index contributed by atoms with van der Waals surface area (Å²) in [6.45, 7) is 2.65. The van der Waals surface area contributed by atoms with E-state index in [1.807, 2.05) is 7.05 Å². The van der Waals surface area contributed by atoms with Crippen LogP contribution in [0.2, 0.25) is 0 Å². The second kappa shape index (κ2) is 8.58. The van der Waals surface area contributed by atoms with Crippen molar-refractivity contribution in [1.29, 1.82) is 0 Å². The molecule has 2 aliphatic rings. The molecule has 0 saturated carbocycles. The number of benzene rings is 2. The normalized spacial score (nSPS) is 18.4. The molecule has 1 amide bonds. The summed E-state index contributed by atoms with van der Waals surface area (Å²) in [5.41, 5.74) is 1.76. The van der Waals surface area contributed by atoms with Crippen molar-refractivity contribution in [1.82, 2.24) is 9.21 Å². The van der Waals surface area contributed by atoms with Crippen LogP contribution in [0.15, 0.2) is 52.3 Å². The van der Waals surface area contributed by atoms with E-state index in [2.05, 4.69) is 4.90 Å². The molecule has 2 aliphatic heterocycles. The van der Waals surface area contributed by atoms with Gasteiger partial charge in [0.1, 0.15) is 0 Å². The summed E-state index contributed by atoms with van der Waals surface area (Å²) < 4.78 is 51.4. The summed E-state index contributed by atoms with van der Waals surface area (Å²) in [6.07, 6.45) is 2.54. The highest BCUT2D eigenvalue weighted by Crippen LogP contribution is 2.31. The minimum atomic E-state index is -3.69. The molecule has 1 fully saturated rings. The molecule has 172 valence electrons. The SMILES string of the molecule is CN1CCN(S(=O)(=O)c2cccc(C(=O)N3CCCc4cc(S(C)(=O)=O)ccc43)c2)CC1. The maximum Gasteiger partial charge on any atom is 0.258 e. The van der Waals surface area contributed by atoms with Gasteiger partial charge in [-0.1, -0.05) is 6.07 Å². The predicted octanol–water partition coefficient (Wildman–Crippen LogP) is 1.62. The molecule has 0 radical (unpaired) electrons. The molecule has 2 heterocycles. The molecule has 4 rings (SSSR count). The van der Waals surface area contributed by atoms with Crippen LogP contribution in [0, 0.1) is 0 Å². The summed E-state index contributed by atoms with van der Waals surface area (Å²) in [5, 5.41) is 0. The summed E-state index contributed by atoms with van der Waals surface area (Å²) in [7, 11) is -5.07. The monoisotopic (exact) mass is 477 g/mol. The van der Waals surface area contributed by atoms with Gasteiger partial charge in [0, 0.05) is 50.2 Å². The Morgan fingerprint density at radius 2 is 1.59 bits per heavy atom. The molecule has 0 aliphatic carbocycles. The van der Waals surface area contributed by atoms with Crippen LogP contribution in [0.3, 0.4) is 0 Å². The van der Waals surface area contributed by atoms with Crippen molar-refractivity contribution in [2.75, 3.05) is 50.9 Å². The van der Waals surface area contributed by atoms with Crippen molar-refractivity contribution in [2.24, 2.45) is 0 Å². The third-order valence-electron chi connectivity index (χ3n) is 6.02. The number of sulfone groups is 1. The Kier molecular flexibility index (Phi) is 6.15. The topological polar surface area (TPSA) is 95.1 Å². The second-order valence-corrected chi connectivity index (χ2v) is 12.3. The van der Waals surface area contributed by atoms with E-state index in [0.29, 0.717) is 56.8 Å². The van der Waals surface area contributed by atoms with Crippen LogP contribution in [0.5, 0.6) is 0 Å². The molecular weight excluding hydrogens is 450 g/mol. The average Bonchev–Trinajstić information content (AvgIpc) is 2.77. The first kappa shape index (κ1) is 22.9. The summed E-state index contributed by atoms with van der Waals surface area (Å²) in [6, 6.07) is 11.0. The molecule has 2 aromatic carbocycles. The van der Waals surface area contributed by atoms with Crippen molar-refractivity contribution < 1.29 is 21.6 Å². The van der Waals surface area contributed by atoms with Crippen molar-refractivity contribution in [3.8, 4) is 0 Å². The number of hydrogen-bond donors (Lipinski definition) is 0. The Morgan fingerprint density at radius 1 is 0.875 bits per heavy atom. The van der Waals surface area contributed by atoms with Gasteiger partial charge < -0.3 is 9.80 Å². The Bertz CT molecular complexity index is 1250. The molecule has 1 saturated heterocycles. The number of aryl methyl sites for hydroxylation is 1. The van der Waals surface area contributed by atoms with E-state index < -0.39 is 19.9 Å². The number of sulfonamides is 1. The van der Waals surface area contributed by atoms with Crippen LogP contribution >= 0.6 is 0 Å². The van der Waals surface area contributed by atoms with Gasteiger partial charge in [-0.15, -0.1) is 0 Å². The van der Waals surface area contributed by atoms with E-state index in [9.17, 15) is 21.6 Å². The first-order chi connectivity index (χ1) is 15.1. The summed E-state index contributed by atoms with van der Waals surface area (Å²) >= 11 is 0. The second-order valence-electron chi connectivity index (χ2n) is 8.36. The number of fused-ring (bicyclic) bond motifs is 1. The average molecular weight is 478 g/mol. The minimum absolute atomic E-state index is 0.109. The molecule has 0 atom stereocenters. The zero-order chi connectivity index (χ0) is 23.1. The Hall–Kier alpha value is -2.27. The lowest BCUT2D eigenvalue weighted by Crippen LogP contribution is -2.47. The standard InChI is InChI=1S/C22H27N3O5S2/c1-23-11-13-24(14-12-23)32(29,30)20-7-3-5-18(16-20)22(26)25-10-4-6-17-15-19(31(2,27)28)8-9-21(17)25/h3,5,7-9,15-16H,4,6,10-14H2,1-2H3. The third-order valence-corrected chi connectivity index (χ3v) is 9.03. The zero-order valence-electron chi connectivity index (χ0n) is 18.2. The van der Waals surface area contributed by atoms with E-state index in [1.54, 1.807) is 29.2 Å². The first-order valence-electron chi connectivity index (χ1n) is 10.5. The lowest BCUT2D eigenvalue weighted by atomic mass is 10.0. The molecule has 0 bridgehead atoms. The molecule has 0 N–H and O–H groups in total. The van der Waals surface area contributed by atoms with E-state index in [-0.39, 0.29) is 15.7 Å². The first-order valence-corrected chi connectivity index (χ1v) is 13.8. The molecular formula is C22H27N3O5S2. The fourth-order valence-corrected chi connectivity index (χ4v) is 6.28. The van der Waals surface area contributed by atoms with Crippen molar-refractivity contribution in [2.45, 2.75) is 22.6 Å². The number of carbonyl (C=O) groups is 1. The van der Waals surface area contributed by atoms with Gasteiger partial charge in [-0.25, -0.2) is 16.8 Å². The summed E-state index contributed by atoms with van der Waals surface area (Å²) in [5.74, 6) is -0.298. The molecule has 32 heavy (non-hydrogen) atoms. The van der Waals surface area contributed by atoms with Gasteiger partial charge in [0.25, 0.3) is 5.91 Å². The number of nitrogens with zero attached hydrogens (tertiary/aromatic N) is 3. The van der Waals surface area contributed by atoms with Gasteiger partial charge in [-0.2, -0.15) is 4.31 Å². The number of amides is 1. The van der Waals surface area contributed by atoms with Gasteiger partial charge in [0.2, 0.25) is 10.0 Å². The van der Waals surface area contributed by atoms with Crippen LogP contribution in [0.1, 0.15) is 22.3 Å². The Balaban J connectivity index is 1.63. The van der Waals surface area contributed by atoms with Gasteiger partial charge in [0.05, 0.1) is 9.79 Å². The highest BCUT2D eigenvalue weighted by molar-refractivity contribution is 7.90. The molecule has 0 aromatic heterocycles. The number of rotatable bonds is 4.